The minimum atomic E-state index is -0.504. The Kier molecular flexibility index (Phi) is 6.20. The van der Waals surface area contributed by atoms with E-state index >= 15 is 0 Å². The second kappa shape index (κ2) is 9.07. The second-order valence-corrected chi connectivity index (χ2v) is 8.82. The molecule has 3 amide bonds. The average Bonchev–Trinajstić information content (AvgIpc) is 3.18. The van der Waals surface area contributed by atoms with E-state index < -0.39 is 17.1 Å². The Hall–Kier alpha value is -3.65. The summed E-state index contributed by atoms with van der Waals surface area (Å²) < 4.78 is 15.3. The van der Waals surface area contributed by atoms with Gasteiger partial charge in [-0.2, -0.15) is 0 Å². The number of rotatable bonds is 5. The van der Waals surface area contributed by atoms with Crippen molar-refractivity contribution in [1.29, 1.82) is 0 Å². The Balaban J connectivity index is 1.53. The van der Waals surface area contributed by atoms with Crippen LogP contribution in [0.1, 0.15) is 22.5 Å². The van der Waals surface area contributed by atoms with Crippen molar-refractivity contribution < 1.29 is 18.8 Å². The number of aryl methyl sites for hydroxylation is 2. The highest BCUT2D eigenvalue weighted by Crippen LogP contribution is 2.33. The fraction of sp³-hybridized carbons (Fsp3) is 0.160. The van der Waals surface area contributed by atoms with Gasteiger partial charge in [-0.3, -0.25) is 19.3 Å². The number of aromatic nitrogens is 1. The van der Waals surface area contributed by atoms with Crippen molar-refractivity contribution in [1.82, 2.24) is 9.47 Å². The van der Waals surface area contributed by atoms with Crippen LogP contribution in [0.4, 0.5) is 14.9 Å². The maximum absolute atomic E-state index is 13.3. The summed E-state index contributed by atoms with van der Waals surface area (Å²) in [6, 6.07) is 15.3. The molecule has 0 radical (unpaired) electrons. The van der Waals surface area contributed by atoms with E-state index in [1.54, 1.807) is 24.3 Å². The van der Waals surface area contributed by atoms with Crippen LogP contribution < -0.4 is 5.32 Å². The summed E-state index contributed by atoms with van der Waals surface area (Å²) in [6.07, 6.45) is 1.66. The molecule has 1 fully saturated rings. The summed E-state index contributed by atoms with van der Waals surface area (Å²) >= 11 is 0.809. The molecule has 2 heterocycles. The smallest absolute Gasteiger partial charge is 0.294 e. The fourth-order valence-corrected chi connectivity index (χ4v) is 4.59. The lowest BCUT2D eigenvalue weighted by Crippen LogP contribution is -2.36. The molecular formula is C25H22FN3O3S. The quantitative estimate of drug-likeness (QED) is 0.527. The lowest BCUT2D eigenvalue weighted by Gasteiger charge is -2.12. The van der Waals surface area contributed by atoms with Gasteiger partial charge >= 0.3 is 0 Å². The van der Waals surface area contributed by atoms with E-state index in [2.05, 4.69) is 5.32 Å². The second-order valence-electron chi connectivity index (χ2n) is 7.82. The number of hydrogen-bond donors (Lipinski definition) is 1. The predicted octanol–water partition coefficient (Wildman–Crippen LogP) is 5.22. The van der Waals surface area contributed by atoms with Crippen molar-refractivity contribution in [3.8, 4) is 5.69 Å². The number of hydrogen-bond acceptors (Lipinski definition) is 4. The fourth-order valence-electron chi connectivity index (χ4n) is 3.77. The molecule has 0 bridgehead atoms. The lowest BCUT2D eigenvalue weighted by atomic mass is 10.2. The lowest BCUT2D eigenvalue weighted by molar-refractivity contribution is -0.127. The highest BCUT2D eigenvalue weighted by Gasteiger charge is 2.36. The highest BCUT2D eigenvalue weighted by atomic mass is 32.2. The SMILES string of the molecule is Cc1cccc(NC(=O)CN2C(=O)S/C(=C/c3cc(C)n(-c4ccc(F)cc4)c3C)C2=O)c1. The number of nitrogens with one attached hydrogen (secondary N) is 1. The number of nitrogens with zero attached hydrogens (tertiary/aromatic N) is 2. The summed E-state index contributed by atoms with van der Waals surface area (Å²) in [7, 11) is 0. The Bertz CT molecular complexity index is 1290. The molecular weight excluding hydrogens is 441 g/mol. The number of halogens is 1. The van der Waals surface area contributed by atoms with E-state index in [1.165, 1.54) is 12.1 Å². The molecule has 1 aliphatic rings. The van der Waals surface area contributed by atoms with Gasteiger partial charge < -0.3 is 9.88 Å². The van der Waals surface area contributed by atoms with Crippen LogP contribution in [0, 0.1) is 26.6 Å². The van der Waals surface area contributed by atoms with E-state index in [0.717, 1.165) is 44.9 Å². The van der Waals surface area contributed by atoms with E-state index in [4.69, 9.17) is 0 Å². The minimum Gasteiger partial charge on any atom is -0.325 e. The number of benzene rings is 2. The summed E-state index contributed by atoms with van der Waals surface area (Å²) in [5, 5.41) is 2.23. The van der Waals surface area contributed by atoms with Crippen molar-refractivity contribution in [3.63, 3.8) is 0 Å². The first-order chi connectivity index (χ1) is 15.7. The van der Waals surface area contributed by atoms with E-state index in [0.29, 0.717) is 5.69 Å². The molecule has 2 aromatic carbocycles. The summed E-state index contributed by atoms with van der Waals surface area (Å²) in [6.45, 7) is 5.35. The van der Waals surface area contributed by atoms with Crippen molar-refractivity contribution in [3.05, 3.63) is 87.8 Å². The molecule has 8 heteroatoms. The van der Waals surface area contributed by atoms with Gasteiger partial charge in [-0.15, -0.1) is 0 Å². The molecule has 1 saturated heterocycles. The number of carbonyl (C=O) groups excluding carboxylic acids is 3. The van der Waals surface area contributed by atoms with E-state index in [9.17, 15) is 18.8 Å². The van der Waals surface area contributed by atoms with Gasteiger partial charge in [0, 0.05) is 22.8 Å². The first-order valence-electron chi connectivity index (χ1n) is 10.3. The summed E-state index contributed by atoms with van der Waals surface area (Å²) in [4.78, 5) is 38.9. The Morgan fingerprint density at radius 1 is 1.06 bits per heavy atom. The third kappa shape index (κ3) is 4.75. The molecule has 3 aromatic rings. The summed E-state index contributed by atoms with van der Waals surface area (Å²) in [5.74, 6) is -1.27. The standard InChI is InChI=1S/C25H22FN3O3S/c1-15-5-4-6-20(11-15)27-23(30)14-28-24(31)22(33-25(28)32)13-18-12-16(2)29(17(18)3)21-9-7-19(26)8-10-21/h4-13H,14H2,1-3H3,(H,27,30)/b22-13+. The molecule has 168 valence electrons. The van der Waals surface area contributed by atoms with E-state index in [-0.39, 0.29) is 17.3 Å². The molecule has 1 aliphatic heterocycles. The zero-order chi connectivity index (χ0) is 23.7. The molecule has 1 aromatic heterocycles. The molecule has 33 heavy (non-hydrogen) atoms. The van der Waals surface area contributed by atoms with Crippen molar-refractivity contribution >= 4 is 40.6 Å². The number of thioether (sulfide) groups is 1. The van der Waals surface area contributed by atoms with Crippen LogP contribution in [-0.4, -0.2) is 33.1 Å². The largest absolute Gasteiger partial charge is 0.325 e. The molecule has 1 N–H and O–H groups in total. The normalized spacial score (nSPS) is 14.9. The monoisotopic (exact) mass is 463 g/mol. The summed E-state index contributed by atoms with van der Waals surface area (Å²) in [5.41, 5.74) is 4.92. The first-order valence-corrected chi connectivity index (χ1v) is 11.1. The topological polar surface area (TPSA) is 71.4 Å². The molecule has 0 saturated carbocycles. The number of anilines is 1. The van der Waals surface area contributed by atoms with Crippen LogP contribution in [0.15, 0.2) is 59.5 Å². The molecule has 0 unspecified atom stereocenters. The molecule has 6 nitrogen and oxygen atoms in total. The van der Waals surface area contributed by atoms with Gasteiger partial charge in [0.1, 0.15) is 12.4 Å². The van der Waals surface area contributed by atoms with Gasteiger partial charge in [0.15, 0.2) is 0 Å². The third-order valence-corrected chi connectivity index (χ3v) is 6.23. The van der Waals surface area contributed by atoms with Crippen LogP contribution in [-0.2, 0) is 9.59 Å². The minimum absolute atomic E-state index is 0.253. The van der Waals surface area contributed by atoms with Crippen LogP contribution in [0.2, 0.25) is 0 Å². The van der Waals surface area contributed by atoms with Crippen LogP contribution >= 0.6 is 11.8 Å². The predicted molar refractivity (Wildman–Crippen MR) is 128 cm³/mol. The van der Waals surface area contributed by atoms with Gasteiger partial charge in [0.25, 0.3) is 11.1 Å². The Morgan fingerprint density at radius 2 is 1.79 bits per heavy atom. The average molecular weight is 464 g/mol. The van der Waals surface area contributed by atoms with Crippen molar-refractivity contribution in [2.45, 2.75) is 20.8 Å². The van der Waals surface area contributed by atoms with Gasteiger partial charge in [-0.25, -0.2) is 4.39 Å². The van der Waals surface area contributed by atoms with Gasteiger partial charge in [0.2, 0.25) is 5.91 Å². The highest BCUT2D eigenvalue weighted by molar-refractivity contribution is 8.18. The molecule has 0 atom stereocenters. The maximum atomic E-state index is 13.3. The molecule has 0 spiro atoms. The maximum Gasteiger partial charge on any atom is 0.294 e. The number of carbonyl (C=O) groups is 3. The number of imide groups is 1. The zero-order valence-electron chi connectivity index (χ0n) is 18.4. The third-order valence-electron chi connectivity index (χ3n) is 5.32. The Labute approximate surface area is 195 Å². The van der Waals surface area contributed by atoms with Crippen LogP contribution in [0.25, 0.3) is 11.8 Å². The van der Waals surface area contributed by atoms with Crippen LogP contribution in [0.3, 0.4) is 0 Å². The van der Waals surface area contributed by atoms with Crippen LogP contribution in [0.5, 0.6) is 0 Å². The van der Waals surface area contributed by atoms with Crippen molar-refractivity contribution in [2.75, 3.05) is 11.9 Å². The van der Waals surface area contributed by atoms with E-state index in [1.807, 2.05) is 49.6 Å². The van der Waals surface area contributed by atoms with Gasteiger partial charge in [0.05, 0.1) is 4.91 Å². The first kappa shape index (κ1) is 22.5. The van der Waals surface area contributed by atoms with Gasteiger partial charge in [-0.05, 0) is 92.2 Å². The molecule has 0 aliphatic carbocycles. The zero-order valence-corrected chi connectivity index (χ0v) is 19.2. The molecule has 4 rings (SSSR count). The number of amides is 3. The van der Waals surface area contributed by atoms with Gasteiger partial charge in [-0.1, -0.05) is 12.1 Å². The Morgan fingerprint density at radius 3 is 2.48 bits per heavy atom. The van der Waals surface area contributed by atoms with Crippen molar-refractivity contribution in [2.24, 2.45) is 0 Å².